The molecular weight excluding hydrogens is 451 g/mol. The van der Waals surface area contributed by atoms with E-state index < -0.39 is 28.9 Å². The van der Waals surface area contributed by atoms with Gasteiger partial charge in [-0.25, -0.2) is 0 Å². The van der Waals surface area contributed by atoms with Crippen molar-refractivity contribution in [3.05, 3.63) is 29.3 Å². The molecule has 32 heavy (non-hydrogen) atoms. The van der Waals surface area contributed by atoms with E-state index in [-0.39, 0.29) is 16.0 Å². The molecule has 7 nitrogen and oxygen atoms in total. The minimum atomic E-state index is -4.25. The van der Waals surface area contributed by atoms with E-state index in [4.69, 9.17) is 13.4 Å². The summed E-state index contributed by atoms with van der Waals surface area (Å²) < 4.78 is 42.9. The van der Waals surface area contributed by atoms with Gasteiger partial charge in [0.05, 0.1) is 0 Å². The van der Waals surface area contributed by atoms with Gasteiger partial charge < -0.3 is 0 Å². The van der Waals surface area contributed by atoms with E-state index in [1.54, 1.807) is 0 Å². The van der Waals surface area contributed by atoms with Crippen LogP contribution in [-0.4, -0.2) is 59.7 Å². The van der Waals surface area contributed by atoms with Gasteiger partial charge in [-0.15, -0.1) is 0 Å². The zero-order valence-electron chi connectivity index (χ0n) is 20.3. The number of carbonyl (C=O) groups is 2. The average Bonchev–Trinajstić information content (AvgIpc) is 2.78. The Bertz CT molecular complexity index is 837. The molecule has 0 saturated heterocycles. The molecule has 0 heterocycles. The van der Waals surface area contributed by atoms with Crippen molar-refractivity contribution in [3.8, 4) is 0 Å². The van der Waals surface area contributed by atoms with Crippen LogP contribution in [0.4, 0.5) is 0 Å². The van der Waals surface area contributed by atoms with Crippen LogP contribution < -0.4 is 0 Å². The van der Waals surface area contributed by atoms with Gasteiger partial charge in [-0.05, 0) is 0 Å². The second-order valence-corrected chi connectivity index (χ2v) is 16.4. The molecule has 0 amide bonds. The van der Waals surface area contributed by atoms with Crippen molar-refractivity contribution in [1.29, 1.82) is 0 Å². The maximum absolute atomic E-state index is 13.6. The van der Waals surface area contributed by atoms with Gasteiger partial charge >= 0.3 is 193 Å². The van der Waals surface area contributed by atoms with Crippen LogP contribution in [0.3, 0.4) is 0 Å². The van der Waals surface area contributed by atoms with Crippen LogP contribution in [0, 0.1) is 0 Å². The van der Waals surface area contributed by atoms with E-state index in [0.29, 0.717) is 0 Å². The third-order valence-corrected chi connectivity index (χ3v) is 14.0. The number of hydrogen-bond donors (Lipinski definition) is 0. The third-order valence-electron chi connectivity index (χ3n) is 5.80. The normalized spacial score (nSPS) is 13.2. The van der Waals surface area contributed by atoms with Crippen molar-refractivity contribution in [2.45, 2.75) is 64.2 Å². The summed E-state index contributed by atoms with van der Waals surface area (Å²) in [7, 11) is -1.87. The molecule has 0 radical (unpaired) electrons. The van der Waals surface area contributed by atoms with Crippen LogP contribution in [0.5, 0.6) is 0 Å². The molecule has 0 saturated carbocycles. The molecule has 0 N–H and O–H groups in total. The summed E-state index contributed by atoms with van der Waals surface area (Å²) in [5.41, 5.74) is -0.102. The standard InChI is InChI=1S/C23H39O7PS/c1-7-10-13-31(6,14-11-8-2,15-12-9-3)30-32(26,27)21-17-19(22(24)28-4)16-20(18-21)23(25)29-5/h16-18H,7-15H2,1-6H3. The van der Waals surface area contributed by atoms with E-state index in [1.807, 2.05) is 6.66 Å². The van der Waals surface area contributed by atoms with Crippen molar-refractivity contribution < 1.29 is 31.5 Å². The average molecular weight is 491 g/mol. The molecule has 0 aromatic heterocycles. The fourth-order valence-electron chi connectivity index (χ4n) is 3.82. The molecule has 1 aromatic rings. The van der Waals surface area contributed by atoms with Crippen LogP contribution in [0.2, 0.25) is 0 Å². The molecule has 0 spiro atoms. The van der Waals surface area contributed by atoms with E-state index in [2.05, 4.69) is 20.8 Å². The quantitative estimate of drug-likeness (QED) is 0.252. The van der Waals surface area contributed by atoms with Crippen LogP contribution in [0.15, 0.2) is 23.1 Å². The molecule has 1 aromatic carbocycles. The Morgan fingerprint density at radius 1 is 0.781 bits per heavy atom. The van der Waals surface area contributed by atoms with Gasteiger partial charge in [-0.1, -0.05) is 0 Å². The molecule has 0 fully saturated rings. The van der Waals surface area contributed by atoms with Gasteiger partial charge in [0.1, 0.15) is 0 Å². The number of carbonyl (C=O) groups excluding carboxylic acids is 2. The number of esters is 2. The summed E-state index contributed by atoms with van der Waals surface area (Å²) in [6.07, 6.45) is 7.64. The molecule has 1 rings (SSSR count). The Labute approximate surface area is 193 Å². The molecule has 0 aliphatic carbocycles. The van der Waals surface area contributed by atoms with Crippen LogP contribution in [-0.2, 0) is 23.6 Å². The fourth-order valence-corrected chi connectivity index (χ4v) is 12.4. The fraction of sp³-hybridized carbons (Fsp3) is 0.652. The van der Waals surface area contributed by atoms with Crippen molar-refractivity contribution in [2.24, 2.45) is 0 Å². The number of unbranched alkanes of at least 4 members (excludes halogenated alkanes) is 3. The van der Waals surface area contributed by atoms with Gasteiger partial charge in [-0.2, -0.15) is 0 Å². The number of hydrogen-bond acceptors (Lipinski definition) is 7. The van der Waals surface area contributed by atoms with E-state index >= 15 is 0 Å². The number of methoxy groups -OCH3 is 2. The number of rotatable bonds is 14. The zero-order valence-corrected chi connectivity index (χ0v) is 22.0. The first-order chi connectivity index (χ1) is 15.0. The number of ether oxygens (including phenoxy) is 2. The van der Waals surface area contributed by atoms with E-state index in [1.165, 1.54) is 32.4 Å². The summed E-state index contributed by atoms with van der Waals surface area (Å²) >= 11 is 0. The van der Waals surface area contributed by atoms with Crippen molar-refractivity contribution in [1.82, 2.24) is 0 Å². The van der Waals surface area contributed by atoms with Crippen LogP contribution in [0.1, 0.15) is 80.0 Å². The Balaban J connectivity index is 3.61. The van der Waals surface area contributed by atoms with Crippen LogP contribution in [0.25, 0.3) is 0 Å². The molecule has 184 valence electrons. The van der Waals surface area contributed by atoms with Crippen LogP contribution >= 0.6 is 6.83 Å². The Hall–Kier alpha value is -1.50. The van der Waals surface area contributed by atoms with Gasteiger partial charge in [0.2, 0.25) is 0 Å². The molecule has 0 unspecified atom stereocenters. The second-order valence-electron chi connectivity index (χ2n) is 8.68. The molecule has 9 heteroatoms. The van der Waals surface area contributed by atoms with Gasteiger partial charge in [0.15, 0.2) is 0 Å². The summed E-state index contributed by atoms with van der Waals surface area (Å²) in [5, 5.41) is 0. The molecule has 0 atom stereocenters. The van der Waals surface area contributed by atoms with E-state index in [0.717, 1.165) is 57.0 Å². The summed E-state index contributed by atoms with van der Waals surface area (Å²) in [6.45, 7) is 5.18. The predicted molar refractivity (Wildman–Crippen MR) is 130 cm³/mol. The first-order valence-electron chi connectivity index (χ1n) is 11.3. The van der Waals surface area contributed by atoms with Crippen molar-refractivity contribution >= 4 is 28.9 Å². The first kappa shape index (κ1) is 28.5. The summed E-state index contributed by atoms with van der Waals surface area (Å²) in [5.74, 6) is -1.49. The predicted octanol–water partition coefficient (Wildman–Crippen LogP) is 5.46. The Morgan fingerprint density at radius 3 is 1.47 bits per heavy atom. The second kappa shape index (κ2) is 12.1. The molecule has 0 aliphatic heterocycles. The molecule has 0 aliphatic rings. The minimum absolute atomic E-state index is 0.0512. The topological polar surface area (TPSA) is 96.0 Å². The Morgan fingerprint density at radius 2 is 1.16 bits per heavy atom. The summed E-state index contributed by atoms with van der Waals surface area (Å²) in [4.78, 5) is 24.0. The maximum atomic E-state index is 13.6. The monoisotopic (exact) mass is 490 g/mol. The zero-order chi connectivity index (χ0) is 24.4. The van der Waals surface area contributed by atoms with Crippen molar-refractivity contribution in [2.75, 3.05) is 39.4 Å². The third kappa shape index (κ3) is 7.53. The van der Waals surface area contributed by atoms with E-state index in [9.17, 15) is 18.0 Å². The SMILES string of the molecule is CCCCP(C)(CCCC)(CCCC)OS(=O)(=O)c1cc(C(=O)OC)cc(C(=O)OC)c1. The van der Waals surface area contributed by atoms with Crippen molar-refractivity contribution in [3.63, 3.8) is 0 Å². The first-order valence-corrected chi connectivity index (χ1v) is 15.8. The molecule has 0 bridgehead atoms. The van der Waals surface area contributed by atoms with Gasteiger partial charge in [0, 0.05) is 0 Å². The summed E-state index contributed by atoms with van der Waals surface area (Å²) in [6, 6.07) is 3.66. The number of benzene rings is 1. The van der Waals surface area contributed by atoms with Gasteiger partial charge in [-0.3, -0.25) is 0 Å². The van der Waals surface area contributed by atoms with Gasteiger partial charge in [0.25, 0.3) is 0 Å². The Kier molecular flexibility index (Phi) is 10.8. The molecular formula is C23H39O7PS.